The Labute approximate surface area is 176 Å². The van der Waals surface area contributed by atoms with Gasteiger partial charge in [0.05, 0.1) is 10.9 Å². The van der Waals surface area contributed by atoms with Crippen LogP contribution < -0.4 is 4.90 Å². The van der Waals surface area contributed by atoms with Gasteiger partial charge in [0.15, 0.2) is 15.0 Å². The van der Waals surface area contributed by atoms with E-state index in [0.29, 0.717) is 37.0 Å². The molecule has 2 heterocycles. The Bertz CT molecular complexity index is 1130. The van der Waals surface area contributed by atoms with Gasteiger partial charge in [0.25, 0.3) is 0 Å². The summed E-state index contributed by atoms with van der Waals surface area (Å²) in [6.45, 7) is 1.00. The van der Waals surface area contributed by atoms with Crippen molar-refractivity contribution < 1.29 is 17.2 Å². The number of anilines is 1. The molecular formula is C20H17ClF2N2O2S2. The number of sulfone groups is 1. The largest absolute Gasteiger partial charge is 0.348 e. The van der Waals surface area contributed by atoms with Gasteiger partial charge in [-0.3, -0.25) is 0 Å². The number of rotatable bonds is 4. The maximum Gasteiger partial charge on any atom is 0.185 e. The predicted molar refractivity (Wildman–Crippen MR) is 111 cm³/mol. The SMILES string of the molecule is O=S(=O)(c1ccc(F)cc1F)C1CCN(c2nc(-c3ccc(Cl)cc3)cs2)CC1. The highest BCUT2D eigenvalue weighted by Crippen LogP contribution is 2.32. The summed E-state index contributed by atoms with van der Waals surface area (Å²) in [5.41, 5.74) is 1.80. The molecule has 1 aliphatic heterocycles. The number of nitrogens with zero attached hydrogens (tertiary/aromatic N) is 2. The monoisotopic (exact) mass is 454 g/mol. The van der Waals surface area contributed by atoms with Crippen LogP contribution >= 0.6 is 22.9 Å². The molecule has 0 N–H and O–H groups in total. The maximum atomic E-state index is 14.0. The summed E-state index contributed by atoms with van der Waals surface area (Å²) in [5.74, 6) is -1.84. The molecule has 4 rings (SSSR count). The lowest BCUT2D eigenvalue weighted by molar-refractivity contribution is 0.516. The van der Waals surface area contributed by atoms with Gasteiger partial charge in [-0.25, -0.2) is 22.2 Å². The fourth-order valence-electron chi connectivity index (χ4n) is 3.41. The number of thiazole rings is 1. The molecule has 9 heteroatoms. The highest BCUT2D eigenvalue weighted by atomic mass is 35.5. The van der Waals surface area contributed by atoms with E-state index in [1.165, 1.54) is 11.3 Å². The summed E-state index contributed by atoms with van der Waals surface area (Å²) in [6.07, 6.45) is 0.712. The van der Waals surface area contributed by atoms with E-state index in [1.54, 1.807) is 12.1 Å². The van der Waals surface area contributed by atoms with E-state index in [1.807, 2.05) is 22.4 Å². The summed E-state index contributed by atoms with van der Waals surface area (Å²) < 4.78 is 52.6. The van der Waals surface area contributed by atoms with Crippen LogP contribution in [0.25, 0.3) is 11.3 Å². The highest BCUT2D eigenvalue weighted by molar-refractivity contribution is 7.92. The van der Waals surface area contributed by atoms with Crippen LogP contribution in [-0.2, 0) is 9.84 Å². The van der Waals surface area contributed by atoms with Gasteiger partial charge in [0.1, 0.15) is 16.5 Å². The van der Waals surface area contributed by atoms with Crippen LogP contribution in [0.15, 0.2) is 52.7 Å². The van der Waals surface area contributed by atoms with Crippen molar-refractivity contribution in [2.45, 2.75) is 23.0 Å². The van der Waals surface area contributed by atoms with Crippen LogP contribution in [-0.4, -0.2) is 31.7 Å². The number of halogens is 3. The van der Waals surface area contributed by atoms with E-state index in [4.69, 9.17) is 11.6 Å². The first-order valence-corrected chi connectivity index (χ1v) is 11.8. The Balaban J connectivity index is 1.46. The van der Waals surface area contributed by atoms with Crippen LogP contribution in [0, 0.1) is 11.6 Å². The van der Waals surface area contributed by atoms with Crippen molar-refractivity contribution in [3.05, 3.63) is 64.5 Å². The highest BCUT2D eigenvalue weighted by Gasteiger charge is 2.34. The fourth-order valence-corrected chi connectivity index (χ4v) is 6.20. The summed E-state index contributed by atoms with van der Waals surface area (Å²) in [6, 6.07) is 10.00. The molecule has 0 spiro atoms. The third-order valence-corrected chi connectivity index (χ3v) is 8.43. The van der Waals surface area contributed by atoms with Crippen molar-refractivity contribution >= 4 is 37.9 Å². The van der Waals surface area contributed by atoms with Gasteiger partial charge in [-0.1, -0.05) is 23.7 Å². The molecule has 2 aromatic carbocycles. The average molecular weight is 455 g/mol. The molecule has 0 radical (unpaired) electrons. The topological polar surface area (TPSA) is 50.3 Å². The standard InChI is InChI=1S/C20H17ClF2N2O2S2/c21-14-3-1-13(2-4-14)18-12-28-20(24-18)25-9-7-16(8-10-25)29(26,27)19-6-5-15(22)11-17(19)23/h1-6,11-12,16H,7-10H2. The van der Waals surface area contributed by atoms with Gasteiger partial charge >= 0.3 is 0 Å². The molecule has 0 bridgehead atoms. The van der Waals surface area contributed by atoms with Crippen LogP contribution in [0.1, 0.15) is 12.8 Å². The third kappa shape index (κ3) is 4.15. The number of benzene rings is 2. The smallest absolute Gasteiger partial charge is 0.185 e. The van der Waals surface area contributed by atoms with Crippen LogP contribution in [0.5, 0.6) is 0 Å². The van der Waals surface area contributed by atoms with Crippen molar-refractivity contribution in [1.29, 1.82) is 0 Å². The Morgan fingerprint density at radius 2 is 1.76 bits per heavy atom. The van der Waals surface area contributed by atoms with Gasteiger partial charge in [0, 0.05) is 35.1 Å². The minimum absolute atomic E-state index is 0.356. The van der Waals surface area contributed by atoms with E-state index in [-0.39, 0.29) is 0 Å². The molecule has 3 aromatic rings. The Kier molecular flexibility index (Phi) is 5.59. The van der Waals surface area contributed by atoms with Crippen LogP contribution in [0.3, 0.4) is 0 Å². The normalized spacial score (nSPS) is 15.6. The van der Waals surface area contributed by atoms with Crippen molar-refractivity contribution in [3.63, 3.8) is 0 Å². The first kappa shape index (κ1) is 20.3. The second-order valence-corrected chi connectivity index (χ2v) is 10.3. The summed E-state index contributed by atoms with van der Waals surface area (Å²) in [4.78, 5) is 6.26. The molecule has 1 aromatic heterocycles. The first-order valence-electron chi connectivity index (χ1n) is 9.00. The first-order chi connectivity index (χ1) is 13.8. The van der Waals surface area contributed by atoms with Crippen LogP contribution in [0.2, 0.25) is 5.02 Å². The molecule has 0 amide bonds. The van der Waals surface area contributed by atoms with Crippen molar-refractivity contribution in [2.24, 2.45) is 0 Å². The van der Waals surface area contributed by atoms with Gasteiger partial charge in [-0.05, 0) is 37.1 Å². The molecule has 1 saturated heterocycles. The molecule has 0 unspecified atom stereocenters. The summed E-state index contributed by atoms with van der Waals surface area (Å²) in [7, 11) is -3.85. The minimum Gasteiger partial charge on any atom is -0.348 e. The third-order valence-electron chi connectivity index (χ3n) is 4.98. The molecular weight excluding hydrogens is 438 g/mol. The summed E-state index contributed by atoms with van der Waals surface area (Å²) >= 11 is 7.42. The molecule has 152 valence electrons. The number of piperidine rings is 1. The van der Waals surface area contributed by atoms with Gasteiger partial charge < -0.3 is 4.90 Å². The van der Waals surface area contributed by atoms with Crippen molar-refractivity contribution in [3.8, 4) is 11.3 Å². The Hall–Kier alpha value is -2.03. The number of aromatic nitrogens is 1. The molecule has 0 saturated carbocycles. The summed E-state index contributed by atoms with van der Waals surface area (Å²) in [5, 5.41) is 2.73. The zero-order chi connectivity index (χ0) is 20.6. The minimum atomic E-state index is -3.85. The Morgan fingerprint density at radius 1 is 1.07 bits per heavy atom. The maximum absolute atomic E-state index is 14.0. The lowest BCUT2D eigenvalue weighted by Crippen LogP contribution is -2.39. The van der Waals surface area contributed by atoms with E-state index in [2.05, 4.69) is 4.98 Å². The zero-order valence-electron chi connectivity index (χ0n) is 15.2. The lowest BCUT2D eigenvalue weighted by atomic mass is 10.1. The number of hydrogen-bond donors (Lipinski definition) is 0. The van der Waals surface area contributed by atoms with Crippen LogP contribution in [0.4, 0.5) is 13.9 Å². The van der Waals surface area contributed by atoms with Crippen molar-refractivity contribution in [1.82, 2.24) is 4.98 Å². The lowest BCUT2D eigenvalue weighted by Gasteiger charge is -2.31. The van der Waals surface area contributed by atoms with Gasteiger partial charge in [-0.2, -0.15) is 0 Å². The van der Waals surface area contributed by atoms with E-state index >= 15 is 0 Å². The molecule has 1 fully saturated rings. The molecule has 1 aliphatic rings. The quantitative estimate of drug-likeness (QED) is 0.509. The Morgan fingerprint density at radius 3 is 2.41 bits per heavy atom. The fraction of sp³-hybridized carbons (Fsp3) is 0.250. The second kappa shape index (κ2) is 8.01. The van der Waals surface area contributed by atoms with E-state index < -0.39 is 31.6 Å². The molecule has 0 aliphatic carbocycles. The van der Waals surface area contributed by atoms with E-state index in [0.717, 1.165) is 28.5 Å². The number of hydrogen-bond acceptors (Lipinski definition) is 5. The molecule has 4 nitrogen and oxygen atoms in total. The average Bonchev–Trinajstić information content (AvgIpc) is 3.18. The van der Waals surface area contributed by atoms with E-state index in [9.17, 15) is 17.2 Å². The zero-order valence-corrected chi connectivity index (χ0v) is 17.6. The van der Waals surface area contributed by atoms with Crippen molar-refractivity contribution in [2.75, 3.05) is 18.0 Å². The van der Waals surface area contributed by atoms with Gasteiger partial charge in [-0.15, -0.1) is 11.3 Å². The molecule has 29 heavy (non-hydrogen) atoms. The second-order valence-electron chi connectivity index (χ2n) is 6.83. The molecule has 0 atom stereocenters. The van der Waals surface area contributed by atoms with Gasteiger partial charge in [0.2, 0.25) is 0 Å². The predicted octanol–water partition coefficient (Wildman–Crippen LogP) is 5.18.